The highest BCUT2D eigenvalue weighted by molar-refractivity contribution is 5.06. The molecule has 0 spiro atoms. The Morgan fingerprint density at radius 1 is 1.37 bits per heavy atom. The second-order valence-corrected chi connectivity index (χ2v) is 5.62. The van der Waals surface area contributed by atoms with Gasteiger partial charge < -0.3 is 10.2 Å². The van der Waals surface area contributed by atoms with Crippen LogP contribution < -0.4 is 5.73 Å². The van der Waals surface area contributed by atoms with Crippen molar-refractivity contribution in [3.8, 4) is 0 Å². The number of hydrogen-bond acceptors (Lipinski definition) is 3. The van der Waals surface area contributed by atoms with Crippen molar-refractivity contribution in [3.05, 3.63) is 24.2 Å². The minimum atomic E-state index is 0.400. The molecule has 3 atom stereocenters. The fourth-order valence-corrected chi connectivity index (χ4v) is 3.67. The lowest BCUT2D eigenvalue weighted by atomic mass is 9.82. The minimum absolute atomic E-state index is 0.400. The first-order chi connectivity index (χ1) is 9.31. The van der Waals surface area contributed by atoms with Gasteiger partial charge in [-0.25, -0.2) is 0 Å². The average Bonchev–Trinajstić information content (AvgIpc) is 2.98. The van der Waals surface area contributed by atoms with Crippen LogP contribution in [-0.4, -0.2) is 24.0 Å². The van der Waals surface area contributed by atoms with Gasteiger partial charge in [0, 0.05) is 6.04 Å². The van der Waals surface area contributed by atoms with Crippen LogP contribution in [0.5, 0.6) is 0 Å². The Kier molecular flexibility index (Phi) is 5.46. The maximum absolute atomic E-state index is 6.00. The van der Waals surface area contributed by atoms with E-state index in [4.69, 9.17) is 10.2 Å². The van der Waals surface area contributed by atoms with E-state index in [-0.39, 0.29) is 0 Å². The standard InChI is InChI=1S/C16H28N2O/c1-3-14(16-10-7-11-19-16)18(4-2)15-9-6-5-8-13(15)12-17/h7,10-11,13-15H,3-6,8-9,12,17H2,1-2H3. The highest BCUT2D eigenvalue weighted by Crippen LogP contribution is 2.34. The zero-order valence-corrected chi connectivity index (χ0v) is 12.3. The van der Waals surface area contributed by atoms with Crippen LogP contribution in [0.4, 0.5) is 0 Å². The number of nitrogens with two attached hydrogens (primary N) is 1. The first-order valence-corrected chi connectivity index (χ1v) is 7.81. The Morgan fingerprint density at radius 3 is 2.74 bits per heavy atom. The molecule has 0 bridgehead atoms. The number of rotatable bonds is 6. The molecular weight excluding hydrogens is 236 g/mol. The van der Waals surface area contributed by atoms with Crippen LogP contribution in [0.15, 0.2) is 22.8 Å². The van der Waals surface area contributed by atoms with Gasteiger partial charge in [-0.05, 0) is 50.4 Å². The molecule has 3 nitrogen and oxygen atoms in total. The molecule has 19 heavy (non-hydrogen) atoms. The third-order valence-electron chi connectivity index (χ3n) is 4.62. The Morgan fingerprint density at radius 2 is 2.16 bits per heavy atom. The quantitative estimate of drug-likeness (QED) is 0.854. The predicted molar refractivity (Wildman–Crippen MR) is 78.9 cm³/mol. The number of hydrogen-bond donors (Lipinski definition) is 1. The van der Waals surface area contributed by atoms with Crippen LogP contribution in [0.1, 0.15) is 57.8 Å². The Bertz CT molecular complexity index is 350. The van der Waals surface area contributed by atoms with Crippen LogP contribution >= 0.6 is 0 Å². The molecule has 0 saturated heterocycles. The van der Waals surface area contributed by atoms with Gasteiger partial charge in [0.15, 0.2) is 0 Å². The van der Waals surface area contributed by atoms with E-state index in [0.717, 1.165) is 25.3 Å². The molecule has 108 valence electrons. The van der Waals surface area contributed by atoms with Gasteiger partial charge in [0.25, 0.3) is 0 Å². The number of furan rings is 1. The number of nitrogens with zero attached hydrogens (tertiary/aromatic N) is 1. The molecule has 1 aliphatic carbocycles. The zero-order valence-electron chi connectivity index (χ0n) is 12.3. The molecule has 0 aliphatic heterocycles. The molecule has 0 amide bonds. The van der Waals surface area contributed by atoms with Crippen molar-refractivity contribution >= 4 is 0 Å². The highest BCUT2D eigenvalue weighted by Gasteiger charge is 2.33. The molecule has 2 N–H and O–H groups in total. The average molecular weight is 264 g/mol. The molecule has 0 radical (unpaired) electrons. The van der Waals surface area contributed by atoms with E-state index in [1.54, 1.807) is 6.26 Å². The SMILES string of the molecule is CCC(c1ccco1)N(CC)C1CCCCC1CN. The first-order valence-electron chi connectivity index (χ1n) is 7.81. The van der Waals surface area contributed by atoms with Gasteiger partial charge in [0.1, 0.15) is 5.76 Å². The monoisotopic (exact) mass is 264 g/mol. The Hall–Kier alpha value is -0.800. The second kappa shape index (κ2) is 7.11. The van der Waals surface area contributed by atoms with Crippen molar-refractivity contribution in [1.82, 2.24) is 4.90 Å². The van der Waals surface area contributed by atoms with Crippen molar-refractivity contribution in [2.24, 2.45) is 11.7 Å². The van der Waals surface area contributed by atoms with Gasteiger partial charge in [-0.1, -0.05) is 26.7 Å². The van der Waals surface area contributed by atoms with Crippen molar-refractivity contribution in [2.75, 3.05) is 13.1 Å². The predicted octanol–water partition coefficient (Wildman–Crippen LogP) is 3.57. The summed E-state index contributed by atoms with van der Waals surface area (Å²) in [5.41, 5.74) is 6.00. The van der Waals surface area contributed by atoms with Crippen LogP contribution in [-0.2, 0) is 0 Å². The van der Waals surface area contributed by atoms with Gasteiger partial charge in [0.05, 0.1) is 12.3 Å². The zero-order chi connectivity index (χ0) is 13.7. The summed E-state index contributed by atoms with van der Waals surface area (Å²) < 4.78 is 5.66. The summed E-state index contributed by atoms with van der Waals surface area (Å²) >= 11 is 0. The molecule has 1 fully saturated rings. The lowest BCUT2D eigenvalue weighted by molar-refractivity contribution is 0.0584. The highest BCUT2D eigenvalue weighted by atomic mass is 16.3. The van der Waals surface area contributed by atoms with Gasteiger partial charge in [-0.3, -0.25) is 4.90 Å². The molecule has 3 heteroatoms. The summed E-state index contributed by atoms with van der Waals surface area (Å²) in [6.45, 7) is 6.39. The van der Waals surface area contributed by atoms with E-state index in [9.17, 15) is 0 Å². The van der Waals surface area contributed by atoms with E-state index in [0.29, 0.717) is 18.0 Å². The topological polar surface area (TPSA) is 42.4 Å². The third-order valence-corrected chi connectivity index (χ3v) is 4.62. The van der Waals surface area contributed by atoms with Gasteiger partial charge >= 0.3 is 0 Å². The summed E-state index contributed by atoms with van der Waals surface area (Å²) in [5.74, 6) is 1.75. The maximum atomic E-state index is 6.00. The van der Waals surface area contributed by atoms with Gasteiger partial charge in [-0.2, -0.15) is 0 Å². The smallest absolute Gasteiger partial charge is 0.120 e. The van der Waals surface area contributed by atoms with Gasteiger partial charge in [0.2, 0.25) is 0 Å². The van der Waals surface area contributed by atoms with E-state index < -0.39 is 0 Å². The third kappa shape index (κ3) is 3.21. The van der Waals surface area contributed by atoms with Crippen molar-refractivity contribution in [2.45, 2.75) is 58.0 Å². The van der Waals surface area contributed by atoms with E-state index >= 15 is 0 Å². The Balaban J connectivity index is 2.16. The summed E-state index contributed by atoms with van der Waals surface area (Å²) in [6.07, 6.45) is 8.13. The first kappa shape index (κ1) is 14.6. The van der Waals surface area contributed by atoms with Crippen LogP contribution in [0, 0.1) is 5.92 Å². The van der Waals surface area contributed by atoms with Crippen molar-refractivity contribution in [1.29, 1.82) is 0 Å². The van der Waals surface area contributed by atoms with Crippen molar-refractivity contribution in [3.63, 3.8) is 0 Å². The van der Waals surface area contributed by atoms with Gasteiger partial charge in [-0.15, -0.1) is 0 Å². The summed E-state index contributed by atoms with van der Waals surface area (Å²) in [7, 11) is 0. The fourth-order valence-electron chi connectivity index (χ4n) is 3.67. The van der Waals surface area contributed by atoms with Crippen LogP contribution in [0.2, 0.25) is 0 Å². The summed E-state index contributed by atoms with van der Waals surface area (Å²) in [6, 6.07) is 5.13. The van der Waals surface area contributed by atoms with E-state index in [1.807, 2.05) is 6.07 Å². The van der Waals surface area contributed by atoms with E-state index in [2.05, 4.69) is 24.8 Å². The maximum Gasteiger partial charge on any atom is 0.120 e. The van der Waals surface area contributed by atoms with Crippen molar-refractivity contribution < 1.29 is 4.42 Å². The molecule has 2 rings (SSSR count). The van der Waals surface area contributed by atoms with Crippen LogP contribution in [0.25, 0.3) is 0 Å². The lowest BCUT2D eigenvalue weighted by Gasteiger charge is -2.42. The van der Waals surface area contributed by atoms with Crippen LogP contribution in [0.3, 0.4) is 0 Å². The molecule has 1 heterocycles. The summed E-state index contributed by atoms with van der Waals surface area (Å²) in [4.78, 5) is 2.62. The molecule has 1 saturated carbocycles. The second-order valence-electron chi connectivity index (χ2n) is 5.62. The van der Waals surface area contributed by atoms with E-state index in [1.165, 1.54) is 25.7 Å². The largest absolute Gasteiger partial charge is 0.468 e. The minimum Gasteiger partial charge on any atom is -0.468 e. The molecule has 0 aromatic carbocycles. The Labute approximate surface area is 117 Å². The molecule has 1 aliphatic rings. The lowest BCUT2D eigenvalue weighted by Crippen LogP contribution is -2.46. The molecular formula is C16H28N2O. The molecule has 1 aromatic rings. The fraction of sp³-hybridized carbons (Fsp3) is 0.750. The molecule has 1 aromatic heterocycles. The normalized spacial score (nSPS) is 25.7. The molecule has 3 unspecified atom stereocenters. The summed E-state index contributed by atoms with van der Waals surface area (Å²) in [5, 5.41) is 0.